The summed E-state index contributed by atoms with van der Waals surface area (Å²) in [5, 5.41) is 15.0. The van der Waals surface area contributed by atoms with E-state index in [1.807, 2.05) is 4.90 Å². The summed E-state index contributed by atoms with van der Waals surface area (Å²) >= 11 is 0. The summed E-state index contributed by atoms with van der Waals surface area (Å²) in [6, 6.07) is 5.65. The van der Waals surface area contributed by atoms with Crippen LogP contribution in [0.3, 0.4) is 0 Å². The van der Waals surface area contributed by atoms with Gasteiger partial charge in [-0.3, -0.25) is 4.90 Å². The number of benzene rings is 2. The first-order valence-corrected chi connectivity index (χ1v) is 14.9. The number of aromatic hydroxyl groups is 1. The van der Waals surface area contributed by atoms with E-state index in [9.17, 15) is 13.9 Å². The van der Waals surface area contributed by atoms with Gasteiger partial charge in [-0.2, -0.15) is 9.97 Å². The molecule has 8 heterocycles. The van der Waals surface area contributed by atoms with Crippen molar-refractivity contribution in [3.63, 3.8) is 0 Å². The third-order valence-electron chi connectivity index (χ3n) is 9.96. The van der Waals surface area contributed by atoms with Crippen LogP contribution < -0.4 is 19.7 Å². The molecule has 0 amide bonds. The highest BCUT2D eigenvalue weighted by atomic mass is 19.1. The van der Waals surface area contributed by atoms with Crippen molar-refractivity contribution in [1.29, 1.82) is 0 Å². The fourth-order valence-electron chi connectivity index (χ4n) is 7.98. The number of piperidine rings is 1. The van der Waals surface area contributed by atoms with E-state index >= 15 is 4.39 Å². The second kappa shape index (κ2) is 9.09. The Kier molecular flexibility index (Phi) is 5.39. The van der Waals surface area contributed by atoms with Gasteiger partial charge in [0.05, 0.1) is 17.1 Å². The average molecular weight is 601 g/mol. The van der Waals surface area contributed by atoms with Crippen molar-refractivity contribution >= 4 is 27.5 Å². The molecule has 0 spiro atoms. The Hall–Kier alpha value is -4.34. The van der Waals surface area contributed by atoms with E-state index in [2.05, 4.69) is 26.1 Å². The van der Waals surface area contributed by atoms with Crippen LogP contribution in [0.4, 0.5) is 19.0 Å². The van der Waals surface area contributed by atoms with Gasteiger partial charge >= 0.3 is 6.01 Å². The lowest BCUT2D eigenvalue weighted by Gasteiger charge is -2.54. The fraction of sp³-hybridized carbons (Fsp3) is 0.406. The molecule has 2 aromatic carbocycles. The number of nitrogens with zero attached hydrogens (tertiary/aromatic N) is 5. The standard InChI is InChI=1S/C32H27F3N6O3/c1-2-19-21(34)5-4-15-8-18(42)10-20(23(15)19)26-25(35)27-24-28(41-13-17-9-22(36-17)30(41)44-29(24)37-26)39-31(38-27)43-14-32-6-3-7-40(32)12-16(33)11-32/h1,4-5,8,10,16-17,22,30,36,42H,3,6-7,9,11-14H2/t16-,17?,22?,30?,32?/m1/s1. The molecule has 0 radical (unpaired) electrons. The Balaban J connectivity index is 1.24. The number of fused-ring (bicyclic) bond motifs is 2. The Morgan fingerprint density at radius 1 is 1.18 bits per heavy atom. The number of rotatable bonds is 4. The number of phenolic OH excluding ortho intramolecular Hbond substituents is 1. The number of nitrogens with one attached hydrogen (secondary N) is 1. The number of halogens is 3. The number of phenols is 1. The number of hydrogen-bond acceptors (Lipinski definition) is 9. The van der Waals surface area contributed by atoms with E-state index in [1.54, 1.807) is 0 Å². The van der Waals surface area contributed by atoms with Gasteiger partial charge in [-0.25, -0.2) is 18.2 Å². The minimum Gasteiger partial charge on any atom is -0.508 e. The summed E-state index contributed by atoms with van der Waals surface area (Å²) in [6.45, 7) is 1.96. The minimum atomic E-state index is -0.924. The summed E-state index contributed by atoms with van der Waals surface area (Å²) in [7, 11) is 0. The first-order valence-electron chi connectivity index (χ1n) is 14.9. The van der Waals surface area contributed by atoms with Crippen LogP contribution in [0.15, 0.2) is 24.3 Å². The Labute approximate surface area is 250 Å². The van der Waals surface area contributed by atoms with E-state index in [0.717, 1.165) is 25.8 Å². The number of aromatic nitrogens is 3. The Morgan fingerprint density at radius 2 is 2.05 bits per heavy atom. The third kappa shape index (κ3) is 3.59. The molecule has 12 heteroatoms. The molecule has 6 aliphatic heterocycles. The topological polar surface area (TPSA) is 95.9 Å². The van der Waals surface area contributed by atoms with Crippen LogP contribution in [0.5, 0.6) is 17.6 Å². The lowest BCUT2D eigenvalue weighted by atomic mass is 9.88. The van der Waals surface area contributed by atoms with Gasteiger partial charge < -0.3 is 24.8 Å². The van der Waals surface area contributed by atoms with Crippen molar-refractivity contribution in [2.75, 3.05) is 31.1 Å². The van der Waals surface area contributed by atoms with Crippen LogP contribution in [0, 0.1) is 24.0 Å². The number of alkyl halides is 1. The van der Waals surface area contributed by atoms with Crippen LogP contribution in [0.2, 0.25) is 0 Å². The number of piperazine rings is 1. The molecule has 2 bridgehead atoms. The Morgan fingerprint density at radius 3 is 2.89 bits per heavy atom. The normalized spacial score (nSPS) is 28.4. The van der Waals surface area contributed by atoms with E-state index in [1.165, 1.54) is 24.3 Å². The second-order valence-corrected chi connectivity index (χ2v) is 12.5. The van der Waals surface area contributed by atoms with Gasteiger partial charge in [0.15, 0.2) is 17.9 Å². The molecule has 224 valence electrons. The summed E-state index contributed by atoms with van der Waals surface area (Å²) in [5.74, 6) is 1.30. The van der Waals surface area contributed by atoms with Crippen molar-refractivity contribution < 1.29 is 27.8 Å². The van der Waals surface area contributed by atoms with Crippen LogP contribution in [-0.4, -0.2) is 81.2 Å². The highest BCUT2D eigenvalue weighted by Crippen LogP contribution is 2.47. The van der Waals surface area contributed by atoms with E-state index < -0.39 is 29.6 Å². The monoisotopic (exact) mass is 600 g/mol. The molecular formula is C32H27F3N6O3. The van der Waals surface area contributed by atoms with Crippen LogP contribution >= 0.6 is 0 Å². The molecule has 9 nitrogen and oxygen atoms in total. The molecule has 44 heavy (non-hydrogen) atoms. The predicted molar refractivity (Wildman–Crippen MR) is 155 cm³/mol. The van der Waals surface area contributed by atoms with Gasteiger partial charge in [-0.15, -0.1) is 6.42 Å². The van der Waals surface area contributed by atoms with E-state index in [0.29, 0.717) is 36.1 Å². The van der Waals surface area contributed by atoms with Gasteiger partial charge in [0.1, 0.15) is 40.9 Å². The largest absolute Gasteiger partial charge is 0.508 e. The first kappa shape index (κ1) is 26.1. The molecule has 5 fully saturated rings. The van der Waals surface area contributed by atoms with Crippen molar-refractivity contribution in [1.82, 2.24) is 25.2 Å². The van der Waals surface area contributed by atoms with Crippen molar-refractivity contribution in [2.45, 2.75) is 55.7 Å². The molecule has 10 rings (SSSR count). The van der Waals surface area contributed by atoms with E-state index in [-0.39, 0.29) is 64.1 Å². The minimum absolute atomic E-state index is 0.0150. The maximum atomic E-state index is 16.8. The molecule has 0 aliphatic carbocycles. The number of hydrogen-bond donors (Lipinski definition) is 2. The van der Waals surface area contributed by atoms with Crippen LogP contribution in [0.25, 0.3) is 32.9 Å². The number of anilines is 1. The molecule has 2 N–H and O–H groups in total. The summed E-state index contributed by atoms with van der Waals surface area (Å²) in [6.07, 6.45) is 7.35. The quantitative estimate of drug-likeness (QED) is 0.337. The second-order valence-electron chi connectivity index (χ2n) is 12.5. The van der Waals surface area contributed by atoms with Gasteiger partial charge in [-0.05, 0) is 49.4 Å². The van der Waals surface area contributed by atoms with Crippen LogP contribution in [0.1, 0.15) is 31.2 Å². The number of ether oxygens (including phenoxy) is 2. The molecule has 0 saturated carbocycles. The fourth-order valence-corrected chi connectivity index (χ4v) is 7.98. The first-order chi connectivity index (χ1) is 21.3. The smallest absolute Gasteiger partial charge is 0.319 e. The zero-order valence-corrected chi connectivity index (χ0v) is 23.5. The highest BCUT2D eigenvalue weighted by molar-refractivity contribution is 6.04. The molecular weight excluding hydrogens is 573 g/mol. The number of terminal acetylenes is 1. The maximum Gasteiger partial charge on any atom is 0.319 e. The SMILES string of the molecule is C#Cc1c(F)ccc2cc(O)cc(-c3nc4c5c(nc(OCC67CCCN6C[C@H](F)C7)nc5c3F)N3CC5CC(N5)C3O4)c12. The van der Waals surface area contributed by atoms with Gasteiger partial charge in [-0.1, -0.05) is 12.0 Å². The number of pyridine rings is 1. The van der Waals surface area contributed by atoms with Gasteiger partial charge in [0.25, 0.3) is 0 Å². The van der Waals surface area contributed by atoms with Crippen molar-refractivity contribution in [3.05, 3.63) is 41.5 Å². The van der Waals surface area contributed by atoms with Crippen LogP contribution in [-0.2, 0) is 0 Å². The molecule has 6 aliphatic rings. The zero-order chi connectivity index (χ0) is 29.9. The average Bonchev–Trinajstić information content (AvgIpc) is 3.52. The lowest BCUT2D eigenvalue weighted by molar-refractivity contribution is 0.0431. The molecule has 5 atom stereocenters. The predicted octanol–water partition coefficient (Wildman–Crippen LogP) is 4.03. The maximum absolute atomic E-state index is 16.8. The molecule has 4 aromatic rings. The Bertz CT molecular complexity index is 1950. The molecule has 4 unspecified atom stereocenters. The summed E-state index contributed by atoms with van der Waals surface area (Å²) in [5.41, 5.74) is -0.705. The summed E-state index contributed by atoms with van der Waals surface area (Å²) in [4.78, 5) is 18.0. The van der Waals surface area contributed by atoms with Gasteiger partial charge in [0, 0.05) is 36.5 Å². The van der Waals surface area contributed by atoms with Crippen molar-refractivity contribution in [2.24, 2.45) is 0 Å². The lowest BCUT2D eigenvalue weighted by Crippen LogP contribution is -2.74. The third-order valence-corrected chi connectivity index (χ3v) is 9.96. The molecule has 2 aromatic heterocycles. The highest BCUT2D eigenvalue weighted by Gasteiger charge is 2.51. The molecule has 5 saturated heterocycles. The zero-order valence-electron chi connectivity index (χ0n) is 23.5. The van der Waals surface area contributed by atoms with E-state index in [4.69, 9.17) is 20.9 Å². The van der Waals surface area contributed by atoms with Gasteiger partial charge in [0.2, 0.25) is 5.88 Å². The van der Waals surface area contributed by atoms with Crippen molar-refractivity contribution in [3.8, 4) is 41.2 Å². The summed E-state index contributed by atoms with van der Waals surface area (Å²) < 4.78 is 58.7.